The summed E-state index contributed by atoms with van der Waals surface area (Å²) in [6.07, 6.45) is 0.621. The van der Waals surface area contributed by atoms with Gasteiger partial charge in [0, 0.05) is 32.9 Å². The maximum Gasteiger partial charge on any atom is 0.229 e. The van der Waals surface area contributed by atoms with Crippen molar-refractivity contribution in [3.63, 3.8) is 0 Å². The highest BCUT2D eigenvalue weighted by Gasteiger charge is 2.29. The van der Waals surface area contributed by atoms with Gasteiger partial charge in [0.05, 0.1) is 6.54 Å². The Bertz CT molecular complexity index is 523. The zero-order valence-electron chi connectivity index (χ0n) is 11.5. The van der Waals surface area contributed by atoms with Crippen LogP contribution >= 0.6 is 0 Å². The maximum absolute atomic E-state index is 11.9. The third kappa shape index (κ3) is 3.19. The zero-order chi connectivity index (χ0) is 14.7. The normalized spacial score (nSPS) is 15.0. The maximum atomic E-state index is 11.9. The van der Waals surface area contributed by atoms with Gasteiger partial charge in [-0.25, -0.2) is 4.98 Å². The summed E-state index contributed by atoms with van der Waals surface area (Å²) in [5, 5.41) is 6.66. The smallest absolute Gasteiger partial charge is 0.229 e. The summed E-state index contributed by atoms with van der Waals surface area (Å²) >= 11 is 0. The van der Waals surface area contributed by atoms with Crippen LogP contribution in [0.4, 0.5) is 0 Å². The van der Waals surface area contributed by atoms with Crippen molar-refractivity contribution < 1.29 is 14.4 Å². The quantitative estimate of drug-likeness (QED) is 0.740. The minimum atomic E-state index is -0.199. The second-order valence-corrected chi connectivity index (χ2v) is 4.78. The molecule has 1 aliphatic heterocycles. The summed E-state index contributed by atoms with van der Waals surface area (Å²) in [7, 11) is 1.64. The molecule has 1 saturated heterocycles. The van der Waals surface area contributed by atoms with Crippen LogP contribution in [0.1, 0.15) is 30.9 Å². The molecule has 0 bridgehead atoms. The van der Waals surface area contributed by atoms with Crippen LogP contribution in [0.15, 0.2) is 0 Å². The SMILES string of the molecule is Cc1nc(CN(C)C(=O)CCN2C(=O)CCC2=O)n[nH]1. The van der Waals surface area contributed by atoms with Crippen molar-refractivity contribution in [2.24, 2.45) is 0 Å². The Balaban J connectivity index is 1.82. The molecule has 20 heavy (non-hydrogen) atoms. The largest absolute Gasteiger partial charge is 0.338 e. The van der Waals surface area contributed by atoms with Gasteiger partial charge in [-0.2, -0.15) is 5.10 Å². The molecule has 0 saturated carbocycles. The van der Waals surface area contributed by atoms with Crippen LogP contribution in [-0.2, 0) is 20.9 Å². The molecule has 0 radical (unpaired) electrons. The first-order chi connectivity index (χ1) is 9.47. The molecular weight excluding hydrogens is 262 g/mol. The number of hydrogen-bond donors (Lipinski definition) is 1. The molecule has 8 heteroatoms. The second kappa shape index (κ2) is 5.81. The number of aromatic amines is 1. The van der Waals surface area contributed by atoms with E-state index in [0.717, 1.165) is 4.90 Å². The monoisotopic (exact) mass is 279 g/mol. The molecule has 0 spiro atoms. The first-order valence-electron chi connectivity index (χ1n) is 6.42. The molecule has 0 unspecified atom stereocenters. The average Bonchev–Trinajstić information content (AvgIpc) is 2.94. The lowest BCUT2D eigenvalue weighted by molar-refractivity contribution is -0.139. The Labute approximate surface area is 116 Å². The van der Waals surface area contributed by atoms with E-state index >= 15 is 0 Å². The summed E-state index contributed by atoms with van der Waals surface area (Å²) in [4.78, 5) is 41.5. The Morgan fingerprint density at radius 2 is 2.00 bits per heavy atom. The van der Waals surface area contributed by atoms with E-state index in [0.29, 0.717) is 18.2 Å². The lowest BCUT2D eigenvalue weighted by Gasteiger charge is -2.18. The Hall–Kier alpha value is -2.25. The van der Waals surface area contributed by atoms with Crippen molar-refractivity contribution in [1.82, 2.24) is 25.0 Å². The molecule has 2 heterocycles. The van der Waals surface area contributed by atoms with E-state index in [2.05, 4.69) is 15.2 Å². The molecule has 1 aromatic heterocycles. The number of rotatable bonds is 5. The molecular formula is C12H17N5O3. The number of imide groups is 1. The molecule has 8 nitrogen and oxygen atoms in total. The van der Waals surface area contributed by atoms with E-state index in [1.807, 2.05) is 0 Å². The topological polar surface area (TPSA) is 99.3 Å². The fourth-order valence-corrected chi connectivity index (χ4v) is 2.03. The average molecular weight is 279 g/mol. The van der Waals surface area contributed by atoms with Crippen LogP contribution in [0.5, 0.6) is 0 Å². The van der Waals surface area contributed by atoms with Crippen LogP contribution in [0.3, 0.4) is 0 Å². The van der Waals surface area contributed by atoms with Crippen LogP contribution in [0.25, 0.3) is 0 Å². The number of H-pyrrole nitrogens is 1. The molecule has 0 aliphatic carbocycles. The number of hydrogen-bond acceptors (Lipinski definition) is 5. The number of carbonyl (C=O) groups is 3. The first-order valence-corrected chi connectivity index (χ1v) is 6.42. The van der Waals surface area contributed by atoms with E-state index in [9.17, 15) is 14.4 Å². The zero-order valence-corrected chi connectivity index (χ0v) is 11.5. The molecule has 1 aliphatic rings. The van der Waals surface area contributed by atoms with Gasteiger partial charge in [-0.05, 0) is 6.92 Å². The standard InChI is InChI=1S/C12H17N5O3/c1-8-13-9(15-14-8)7-16(2)10(18)5-6-17-11(19)3-4-12(17)20/h3-7H2,1-2H3,(H,13,14,15). The van der Waals surface area contributed by atoms with Gasteiger partial charge < -0.3 is 4.90 Å². The molecule has 0 aromatic carbocycles. The highest BCUT2D eigenvalue weighted by Crippen LogP contribution is 2.12. The number of carbonyl (C=O) groups excluding carboxylic acids is 3. The van der Waals surface area contributed by atoms with Crippen LogP contribution in [0.2, 0.25) is 0 Å². The van der Waals surface area contributed by atoms with Gasteiger partial charge in [-0.3, -0.25) is 24.4 Å². The second-order valence-electron chi connectivity index (χ2n) is 4.78. The third-order valence-corrected chi connectivity index (χ3v) is 3.15. The van der Waals surface area contributed by atoms with E-state index in [4.69, 9.17) is 0 Å². The molecule has 3 amide bonds. The lowest BCUT2D eigenvalue weighted by atomic mass is 10.3. The van der Waals surface area contributed by atoms with Crippen LogP contribution in [0, 0.1) is 6.92 Å². The number of likely N-dealkylation sites (tertiary alicyclic amines) is 1. The van der Waals surface area contributed by atoms with Gasteiger partial charge in [0.2, 0.25) is 17.7 Å². The van der Waals surface area contributed by atoms with Crippen molar-refractivity contribution in [1.29, 1.82) is 0 Å². The van der Waals surface area contributed by atoms with Crippen LogP contribution in [-0.4, -0.2) is 56.3 Å². The Kier molecular flexibility index (Phi) is 4.11. The Morgan fingerprint density at radius 3 is 2.55 bits per heavy atom. The molecule has 108 valence electrons. The lowest BCUT2D eigenvalue weighted by Crippen LogP contribution is -2.34. The summed E-state index contributed by atoms with van der Waals surface area (Å²) in [6.45, 7) is 2.22. The number of nitrogens with zero attached hydrogens (tertiary/aromatic N) is 4. The predicted molar refractivity (Wildman–Crippen MR) is 68.2 cm³/mol. The molecule has 1 fully saturated rings. The van der Waals surface area contributed by atoms with Gasteiger partial charge in [0.25, 0.3) is 0 Å². The van der Waals surface area contributed by atoms with Crippen molar-refractivity contribution >= 4 is 17.7 Å². The summed E-state index contributed by atoms with van der Waals surface area (Å²) < 4.78 is 0. The van der Waals surface area contributed by atoms with E-state index in [-0.39, 0.29) is 43.5 Å². The summed E-state index contributed by atoms with van der Waals surface area (Å²) in [5.41, 5.74) is 0. The van der Waals surface area contributed by atoms with Gasteiger partial charge in [-0.15, -0.1) is 0 Å². The van der Waals surface area contributed by atoms with Gasteiger partial charge >= 0.3 is 0 Å². The van der Waals surface area contributed by atoms with Crippen LogP contribution < -0.4 is 0 Å². The van der Waals surface area contributed by atoms with Gasteiger partial charge in [0.1, 0.15) is 5.82 Å². The molecule has 1 N–H and O–H groups in total. The first kappa shape index (κ1) is 14.2. The van der Waals surface area contributed by atoms with Crippen molar-refractivity contribution in [2.75, 3.05) is 13.6 Å². The van der Waals surface area contributed by atoms with E-state index in [1.54, 1.807) is 14.0 Å². The predicted octanol–water partition coefficient (Wildman–Crippen LogP) is -0.389. The van der Waals surface area contributed by atoms with Gasteiger partial charge in [0.15, 0.2) is 5.82 Å². The van der Waals surface area contributed by atoms with Gasteiger partial charge in [-0.1, -0.05) is 0 Å². The number of nitrogens with one attached hydrogen (secondary N) is 1. The minimum absolute atomic E-state index is 0.122. The summed E-state index contributed by atoms with van der Waals surface area (Å²) in [5.74, 6) is 0.672. The minimum Gasteiger partial charge on any atom is -0.338 e. The van der Waals surface area contributed by atoms with Crippen molar-refractivity contribution in [3.8, 4) is 0 Å². The third-order valence-electron chi connectivity index (χ3n) is 3.15. The number of aryl methyl sites for hydroxylation is 1. The highest BCUT2D eigenvalue weighted by molar-refractivity contribution is 6.02. The number of aromatic nitrogens is 3. The summed E-state index contributed by atoms with van der Waals surface area (Å²) in [6, 6.07) is 0. The highest BCUT2D eigenvalue weighted by atomic mass is 16.2. The molecule has 0 atom stereocenters. The fourth-order valence-electron chi connectivity index (χ4n) is 2.03. The fraction of sp³-hybridized carbons (Fsp3) is 0.583. The van der Waals surface area contributed by atoms with Crippen molar-refractivity contribution in [2.45, 2.75) is 32.7 Å². The van der Waals surface area contributed by atoms with Crippen molar-refractivity contribution in [3.05, 3.63) is 11.6 Å². The molecule has 1 aromatic rings. The Morgan fingerprint density at radius 1 is 1.35 bits per heavy atom. The van der Waals surface area contributed by atoms with E-state index < -0.39 is 0 Å². The van der Waals surface area contributed by atoms with E-state index in [1.165, 1.54) is 4.90 Å². The number of amides is 3. The molecule has 2 rings (SSSR count).